The summed E-state index contributed by atoms with van der Waals surface area (Å²) in [6.07, 6.45) is 4.50. The average molecular weight is 418 g/mol. The van der Waals surface area contributed by atoms with Crippen molar-refractivity contribution in [1.29, 1.82) is 0 Å². The molecule has 0 aliphatic carbocycles. The maximum absolute atomic E-state index is 13.2. The maximum atomic E-state index is 13.2. The predicted octanol–water partition coefficient (Wildman–Crippen LogP) is 4.90. The molecular formula is C26H31N3O2. The van der Waals surface area contributed by atoms with Crippen LogP contribution in [0.15, 0.2) is 48.2 Å². The number of imide groups is 1. The molecule has 1 N–H and O–H groups in total. The van der Waals surface area contributed by atoms with Crippen LogP contribution in [0.2, 0.25) is 0 Å². The Labute approximate surface area is 184 Å². The minimum Gasteiger partial charge on any atom is -0.372 e. The topological polar surface area (TPSA) is 52.7 Å². The van der Waals surface area contributed by atoms with Crippen LogP contribution < -0.4 is 10.2 Å². The summed E-state index contributed by atoms with van der Waals surface area (Å²) in [6, 6.07) is 14.2. The Morgan fingerprint density at radius 2 is 1.61 bits per heavy atom. The fraction of sp³-hybridized carbons (Fsp3) is 0.385. The van der Waals surface area contributed by atoms with Gasteiger partial charge >= 0.3 is 0 Å². The molecule has 0 saturated carbocycles. The van der Waals surface area contributed by atoms with Gasteiger partial charge in [0.2, 0.25) is 0 Å². The molecule has 2 aromatic rings. The molecule has 4 rings (SSSR count). The lowest BCUT2D eigenvalue weighted by Gasteiger charge is -2.28. The molecular weight excluding hydrogens is 386 g/mol. The number of anilines is 2. The first kappa shape index (κ1) is 21.2. The lowest BCUT2D eigenvalue weighted by Crippen LogP contribution is -2.33. The minimum atomic E-state index is -0.248. The molecule has 0 unspecified atom stereocenters. The second-order valence-electron chi connectivity index (χ2n) is 8.55. The number of hydrogen-bond donors (Lipinski definition) is 1. The van der Waals surface area contributed by atoms with Gasteiger partial charge in [-0.15, -0.1) is 0 Å². The van der Waals surface area contributed by atoms with Crippen LogP contribution >= 0.6 is 0 Å². The largest absolute Gasteiger partial charge is 0.372 e. The Kier molecular flexibility index (Phi) is 6.12. The summed E-state index contributed by atoms with van der Waals surface area (Å²) in [6.45, 7) is 8.59. The molecule has 5 nitrogen and oxygen atoms in total. The Hall–Kier alpha value is -3.08. The molecule has 5 heteroatoms. The van der Waals surface area contributed by atoms with Crippen molar-refractivity contribution in [1.82, 2.24) is 4.90 Å². The SMILES string of the molecule is CCCN1C(=O)C(Nc2ccc(N3CCCCC3)cc2)=C(c2ccc(C)cc2C)C1=O. The zero-order valence-electron chi connectivity index (χ0n) is 18.7. The molecule has 1 fully saturated rings. The minimum absolute atomic E-state index is 0.216. The fourth-order valence-electron chi connectivity index (χ4n) is 4.51. The number of nitrogens with one attached hydrogen (secondary N) is 1. The predicted molar refractivity (Wildman–Crippen MR) is 126 cm³/mol. The standard InChI is InChI=1S/C26H31N3O2/c1-4-14-29-25(30)23(22-13-8-18(2)17-19(22)3)24(26(29)31)27-20-9-11-21(12-10-20)28-15-6-5-7-16-28/h8-13,17,27H,4-7,14-16H2,1-3H3. The van der Waals surface area contributed by atoms with E-state index in [1.54, 1.807) is 0 Å². The number of hydrogen-bond acceptors (Lipinski definition) is 4. The van der Waals surface area contributed by atoms with E-state index in [1.807, 2.05) is 51.1 Å². The van der Waals surface area contributed by atoms with Crippen LogP contribution in [0.4, 0.5) is 11.4 Å². The molecule has 31 heavy (non-hydrogen) atoms. The number of piperidine rings is 1. The zero-order chi connectivity index (χ0) is 22.0. The molecule has 2 amide bonds. The average Bonchev–Trinajstić information content (AvgIpc) is 3.00. The van der Waals surface area contributed by atoms with E-state index in [1.165, 1.54) is 29.8 Å². The van der Waals surface area contributed by atoms with Crippen molar-refractivity contribution in [3.8, 4) is 0 Å². The lowest BCUT2D eigenvalue weighted by atomic mass is 9.97. The first-order valence-electron chi connectivity index (χ1n) is 11.3. The quantitative estimate of drug-likeness (QED) is 0.680. The van der Waals surface area contributed by atoms with E-state index < -0.39 is 0 Å². The van der Waals surface area contributed by atoms with E-state index in [4.69, 9.17) is 0 Å². The normalized spacial score (nSPS) is 17.0. The molecule has 2 aliphatic heterocycles. The summed E-state index contributed by atoms with van der Waals surface area (Å²) in [5.41, 5.74) is 5.80. The number of carbonyl (C=O) groups excluding carboxylic acids is 2. The summed E-state index contributed by atoms with van der Waals surface area (Å²) in [4.78, 5) is 30.1. The van der Waals surface area contributed by atoms with Crippen LogP contribution in [0.3, 0.4) is 0 Å². The van der Waals surface area contributed by atoms with Gasteiger partial charge in [0.25, 0.3) is 11.8 Å². The third kappa shape index (κ3) is 4.22. The van der Waals surface area contributed by atoms with Crippen LogP contribution in [0.5, 0.6) is 0 Å². The smallest absolute Gasteiger partial charge is 0.278 e. The summed E-state index contributed by atoms with van der Waals surface area (Å²) < 4.78 is 0. The Morgan fingerprint density at radius 1 is 0.903 bits per heavy atom. The van der Waals surface area contributed by atoms with E-state index in [0.717, 1.165) is 41.9 Å². The number of benzene rings is 2. The van der Waals surface area contributed by atoms with Crippen LogP contribution in [0, 0.1) is 13.8 Å². The highest BCUT2D eigenvalue weighted by atomic mass is 16.2. The highest BCUT2D eigenvalue weighted by Gasteiger charge is 2.39. The molecule has 2 aromatic carbocycles. The number of amides is 2. The van der Waals surface area contributed by atoms with Gasteiger partial charge in [0.1, 0.15) is 5.70 Å². The van der Waals surface area contributed by atoms with E-state index in [2.05, 4.69) is 22.3 Å². The van der Waals surface area contributed by atoms with Gasteiger partial charge in [-0.3, -0.25) is 14.5 Å². The molecule has 0 aromatic heterocycles. The van der Waals surface area contributed by atoms with Crippen molar-refractivity contribution in [3.05, 3.63) is 64.9 Å². The molecule has 2 heterocycles. The van der Waals surface area contributed by atoms with Gasteiger partial charge in [0.05, 0.1) is 5.57 Å². The number of carbonyl (C=O) groups is 2. The van der Waals surface area contributed by atoms with Crippen molar-refractivity contribution in [2.75, 3.05) is 29.9 Å². The third-order valence-electron chi connectivity index (χ3n) is 6.12. The molecule has 0 radical (unpaired) electrons. The molecule has 0 spiro atoms. The number of rotatable bonds is 6. The van der Waals surface area contributed by atoms with Gasteiger partial charge in [-0.05, 0) is 74.9 Å². The second-order valence-corrected chi connectivity index (χ2v) is 8.55. The Balaban J connectivity index is 1.67. The fourth-order valence-corrected chi connectivity index (χ4v) is 4.51. The zero-order valence-corrected chi connectivity index (χ0v) is 18.7. The summed E-state index contributed by atoms with van der Waals surface area (Å²) >= 11 is 0. The van der Waals surface area contributed by atoms with Crippen LogP contribution in [0.1, 0.15) is 49.3 Å². The first-order chi connectivity index (χ1) is 15.0. The summed E-state index contributed by atoms with van der Waals surface area (Å²) in [5.74, 6) is -0.465. The molecule has 0 atom stereocenters. The monoisotopic (exact) mass is 417 g/mol. The van der Waals surface area contributed by atoms with Crippen molar-refractivity contribution in [2.24, 2.45) is 0 Å². The van der Waals surface area contributed by atoms with Gasteiger partial charge in [0.15, 0.2) is 0 Å². The van der Waals surface area contributed by atoms with E-state index in [9.17, 15) is 9.59 Å². The molecule has 2 aliphatic rings. The van der Waals surface area contributed by atoms with E-state index in [-0.39, 0.29) is 11.8 Å². The molecule has 0 bridgehead atoms. The van der Waals surface area contributed by atoms with Gasteiger partial charge in [-0.25, -0.2) is 0 Å². The van der Waals surface area contributed by atoms with Crippen molar-refractivity contribution >= 4 is 28.8 Å². The summed E-state index contributed by atoms with van der Waals surface area (Å²) in [5, 5.41) is 3.28. The lowest BCUT2D eigenvalue weighted by molar-refractivity contribution is -0.136. The second kappa shape index (κ2) is 8.96. The van der Waals surface area contributed by atoms with Gasteiger partial charge in [-0.1, -0.05) is 30.7 Å². The first-order valence-corrected chi connectivity index (χ1v) is 11.3. The van der Waals surface area contributed by atoms with Crippen LogP contribution in [0.25, 0.3) is 5.57 Å². The summed E-state index contributed by atoms with van der Waals surface area (Å²) in [7, 11) is 0. The number of aryl methyl sites for hydroxylation is 2. The number of nitrogens with zero attached hydrogens (tertiary/aromatic N) is 2. The maximum Gasteiger partial charge on any atom is 0.278 e. The Morgan fingerprint density at radius 3 is 2.26 bits per heavy atom. The highest BCUT2D eigenvalue weighted by Crippen LogP contribution is 2.33. The van der Waals surface area contributed by atoms with Crippen molar-refractivity contribution in [3.63, 3.8) is 0 Å². The van der Waals surface area contributed by atoms with E-state index >= 15 is 0 Å². The van der Waals surface area contributed by atoms with Crippen LogP contribution in [-0.4, -0.2) is 36.3 Å². The van der Waals surface area contributed by atoms with Gasteiger partial charge in [0, 0.05) is 31.0 Å². The van der Waals surface area contributed by atoms with E-state index in [0.29, 0.717) is 17.8 Å². The molecule has 1 saturated heterocycles. The van der Waals surface area contributed by atoms with Gasteiger partial charge < -0.3 is 10.2 Å². The van der Waals surface area contributed by atoms with Crippen molar-refractivity contribution < 1.29 is 9.59 Å². The van der Waals surface area contributed by atoms with Gasteiger partial charge in [-0.2, -0.15) is 0 Å². The van der Waals surface area contributed by atoms with Crippen LogP contribution in [-0.2, 0) is 9.59 Å². The Bertz CT molecular complexity index is 1020. The van der Waals surface area contributed by atoms with Crippen molar-refractivity contribution in [2.45, 2.75) is 46.5 Å². The molecule has 162 valence electrons. The highest BCUT2D eigenvalue weighted by molar-refractivity contribution is 6.36. The third-order valence-corrected chi connectivity index (χ3v) is 6.12.